The van der Waals surface area contributed by atoms with Crippen molar-refractivity contribution < 1.29 is 29.3 Å². The fourth-order valence-corrected chi connectivity index (χ4v) is 3.78. The molecule has 6 nitrogen and oxygen atoms in total. The monoisotopic (exact) mass is 364 g/mol. The molecule has 2 aliphatic carbocycles. The molecule has 0 saturated carbocycles. The Morgan fingerprint density at radius 1 is 1.07 bits per heavy atom. The maximum atomic E-state index is 13.1. The standard InChI is InChI=1S/C21H16O6/c1-27-21-16(23)5-4-13-18(21)20(26)15-7-10-2-3-11(17(24)9-22)6-12(10)8-14(15)19(13)25/h2-8,13,18,22-23H,9H2,1H3. The van der Waals surface area contributed by atoms with E-state index in [1.54, 1.807) is 30.3 Å². The largest absolute Gasteiger partial charge is 0.504 e. The molecule has 0 aliphatic heterocycles. The molecule has 2 unspecified atom stereocenters. The van der Waals surface area contributed by atoms with Crippen molar-refractivity contribution in [1.82, 2.24) is 0 Å². The topological polar surface area (TPSA) is 101 Å². The smallest absolute Gasteiger partial charge is 0.188 e. The zero-order valence-electron chi connectivity index (χ0n) is 14.4. The second-order valence-corrected chi connectivity index (χ2v) is 6.59. The van der Waals surface area contributed by atoms with E-state index < -0.39 is 24.2 Å². The summed E-state index contributed by atoms with van der Waals surface area (Å²) < 4.78 is 5.19. The first-order valence-electron chi connectivity index (χ1n) is 8.42. The summed E-state index contributed by atoms with van der Waals surface area (Å²) in [4.78, 5) is 37.8. The highest BCUT2D eigenvalue weighted by Crippen LogP contribution is 2.40. The Balaban J connectivity index is 1.90. The van der Waals surface area contributed by atoms with Crippen molar-refractivity contribution in [2.45, 2.75) is 0 Å². The van der Waals surface area contributed by atoms with Gasteiger partial charge in [-0.25, -0.2) is 0 Å². The average molecular weight is 364 g/mol. The van der Waals surface area contributed by atoms with E-state index in [1.807, 2.05) is 0 Å². The van der Waals surface area contributed by atoms with Crippen molar-refractivity contribution in [1.29, 1.82) is 0 Å². The maximum absolute atomic E-state index is 13.1. The molecule has 2 aromatic rings. The summed E-state index contributed by atoms with van der Waals surface area (Å²) in [6, 6.07) is 8.07. The maximum Gasteiger partial charge on any atom is 0.188 e. The molecule has 0 spiro atoms. The van der Waals surface area contributed by atoms with E-state index in [1.165, 1.54) is 19.3 Å². The van der Waals surface area contributed by atoms with Crippen molar-refractivity contribution in [2.24, 2.45) is 11.8 Å². The van der Waals surface area contributed by atoms with Crippen LogP contribution in [0.15, 0.2) is 54.0 Å². The summed E-state index contributed by atoms with van der Waals surface area (Å²) >= 11 is 0. The van der Waals surface area contributed by atoms with Crippen LogP contribution in [-0.2, 0) is 4.74 Å². The molecule has 0 bridgehead atoms. The first-order valence-corrected chi connectivity index (χ1v) is 8.42. The zero-order valence-corrected chi connectivity index (χ0v) is 14.4. The molecule has 4 rings (SSSR count). The minimum atomic E-state index is -0.882. The van der Waals surface area contributed by atoms with Crippen LogP contribution in [0.5, 0.6) is 0 Å². The van der Waals surface area contributed by atoms with Crippen LogP contribution in [-0.4, -0.2) is 41.3 Å². The van der Waals surface area contributed by atoms with Gasteiger partial charge in [-0.1, -0.05) is 18.2 Å². The van der Waals surface area contributed by atoms with Gasteiger partial charge in [0.15, 0.2) is 23.1 Å². The molecule has 0 amide bonds. The van der Waals surface area contributed by atoms with Crippen LogP contribution < -0.4 is 0 Å². The molecular formula is C21H16O6. The van der Waals surface area contributed by atoms with Gasteiger partial charge in [0.05, 0.1) is 18.9 Å². The van der Waals surface area contributed by atoms with E-state index in [0.29, 0.717) is 16.3 Å². The number of benzene rings is 2. The van der Waals surface area contributed by atoms with E-state index in [2.05, 4.69) is 0 Å². The Morgan fingerprint density at radius 2 is 1.78 bits per heavy atom. The second kappa shape index (κ2) is 6.17. The predicted molar refractivity (Wildman–Crippen MR) is 96.8 cm³/mol. The Hall–Kier alpha value is -3.25. The molecule has 2 aliphatic rings. The Bertz CT molecular complexity index is 1080. The molecule has 0 saturated heterocycles. The van der Waals surface area contributed by atoms with Gasteiger partial charge in [0.1, 0.15) is 12.4 Å². The van der Waals surface area contributed by atoms with Gasteiger partial charge in [-0.2, -0.15) is 0 Å². The minimum Gasteiger partial charge on any atom is -0.504 e. The van der Waals surface area contributed by atoms with Crippen molar-refractivity contribution >= 4 is 28.1 Å². The molecule has 2 N–H and O–H groups in total. The number of carbonyl (C=O) groups excluding carboxylic acids is 3. The number of hydrogen-bond donors (Lipinski definition) is 2. The number of allylic oxidation sites excluding steroid dienone is 3. The number of methoxy groups -OCH3 is 1. The van der Waals surface area contributed by atoms with E-state index in [-0.39, 0.29) is 34.2 Å². The first-order chi connectivity index (χ1) is 13.0. The predicted octanol–water partition coefficient (Wildman–Crippen LogP) is 2.61. The summed E-state index contributed by atoms with van der Waals surface area (Å²) in [6.45, 7) is -0.599. The normalized spacial score (nSPS) is 21.3. The van der Waals surface area contributed by atoms with Crippen LogP contribution in [0.3, 0.4) is 0 Å². The fourth-order valence-electron chi connectivity index (χ4n) is 3.78. The van der Waals surface area contributed by atoms with Gasteiger partial charge >= 0.3 is 0 Å². The van der Waals surface area contributed by atoms with Crippen LogP contribution in [0.4, 0.5) is 0 Å². The number of aliphatic hydroxyl groups is 2. The number of ketones is 3. The van der Waals surface area contributed by atoms with E-state index in [4.69, 9.17) is 9.84 Å². The van der Waals surface area contributed by atoms with Gasteiger partial charge in [0.25, 0.3) is 0 Å². The Morgan fingerprint density at radius 3 is 2.48 bits per heavy atom. The van der Waals surface area contributed by atoms with Crippen LogP contribution in [0, 0.1) is 11.8 Å². The highest BCUT2D eigenvalue weighted by atomic mass is 16.5. The van der Waals surface area contributed by atoms with Gasteiger partial charge < -0.3 is 14.9 Å². The molecule has 0 radical (unpaired) electrons. The number of carbonyl (C=O) groups is 3. The van der Waals surface area contributed by atoms with Crippen molar-refractivity contribution in [3.8, 4) is 0 Å². The first kappa shape index (κ1) is 17.2. The van der Waals surface area contributed by atoms with Crippen LogP contribution in [0.25, 0.3) is 10.8 Å². The van der Waals surface area contributed by atoms with Crippen molar-refractivity contribution in [2.75, 3.05) is 13.7 Å². The lowest BCUT2D eigenvalue weighted by Crippen LogP contribution is -2.39. The number of fused-ring (bicyclic) bond motifs is 3. The third kappa shape index (κ3) is 2.49. The van der Waals surface area contributed by atoms with Gasteiger partial charge in [-0.15, -0.1) is 0 Å². The van der Waals surface area contributed by atoms with Gasteiger partial charge in [-0.05, 0) is 35.0 Å². The minimum absolute atomic E-state index is 0.0930. The number of Topliss-reactive ketones (excluding diaryl/α,β-unsaturated/α-hetero) is 3. The summed E-state index contributed by atoms with van der Waals surface area (Å²) in [5, 5.41) is 20.4. The molecule has 6 heteroatoms. The summed E-state index contributed by atoms with van der Waals surface area (Å²) in [7, 11) is 1.36. The van der Waals surface area contributed by atoms with Crippen LogP contribution in [0.1, 0.15) is 31.1 Å². The summed E-state index contributed by atoms with van der Waals surface area (Å²) in [6.07, 6.45) is 2.89. The van der Waals surface area contributed by atoms with Gasteiger partial charge in [0, 0.05) is 16.7 Å². The van der Waals surface area contributed by atoms with Crippen LogP contribution >= 0.6 is 0 Å². The van der Waals surface area contributed by atoms with Crippen molar-refractivity contribution in [3.63, 3.8) is 0 Å². The number of ether oxygens (including phenoxy) is 1. The van der Waals surface area contributed by atoms with Gasteiger partial charge in [0.2, 0.25) is 0 Å². The highest BCUT2D eigenvalue weighted by molar-refractivity contribution is 6.20. The lowest BCUT2D eigenvalue weighted by molar-refractivity contribution is 0.0726. The summed E-state index contributed by atoms with van der Waals surface area (Å²) in [5.74, 6) is -2.64. The molecule has 0 aromatic heterocycles. The fraction of sp³-hybridized carbons (Fsp3) is 0.190. The zero-order chi connectivity index (χ0) is 19.3. The number of hydrogen-bond acceptors (Lipinski definition) is 6. The number of aliphatic hydroxyl groups excluding tert-OH is 2. The van der Waals surface area contributed by atoms with Gasteiger partial charge in [-0.3, -0.25) is 14.4 Å². The average Bonchev–Trinajstić information content (AvgIpc) is 2.69. The molecule has 136 valence electrons. The Labute approximate surface area is 154 Å². The third-order valence-corrected chi connectivity index (χ3v) is 5.13. The van der Waals surface area contributed by atoms with E-state index in [9.17, 15) is 19.5 Å². The molecule has 0 heterocycles. The molecule has 2 atom stereocenters. The second-order valence-electron chi connectivity index (χ2n) is 6.59. The molecule has 2 aromatic carbocycles. The van der Waals surface area contributed by atoms with E-state index in [0.717, 1.165) is 0 Å². The third-order valence-electron chi connectivity index (χ3n) is 5.13. The highest BCUT2D eigenvalue weighted by Gasteiger charge is 2.45. The lowest BCUT2D eigenvalue weighted by Gasteiger charge is -2.32. The van der Waals surface area contributed by atoms with Crippen molar-refractivity contribution in [3.05, 3.63) is 70.7 Å². The summed E-state index contributed by atoms with van der Waals surface area (Å²) in [5.41, 5.74) is 0.890. The quantitative estimate of drug-likeness (QED) is 0.812. The molecule has 27 heavy (non-hydrogen) atoms. The Kier molecular flexibility index (Phi) is 3.93. The number of rotatable bonds is 3. The molecule has 0 fully saturated rings. The molecular weight excluding hydrogens is 348 g/mol. The SMILES string of the molecule is COC1=C(O)C=CC2C(=O)c3cc4cc(C(=O)CO)ccc4cc3C(=O)C12. The van der Waals surface area contributed by atoms with E-state index >= 15 is 0 Å². The van der Waals surface area contributed by atoms with Crippen LogP contribution in [0.2, 0.25) is 0 Å². The lowest BCUT2D eigenvalue weighted by atomic mass is 9.70.